The molecule has 2 aromatic rings. The van der Waals surface area contributed by atoms with Gasteiger partial charge >= 0.3 is 0 Å². The maximum absolute atomic E-state index is 11.2. The summed E-state index contributed by atoms with van der Waals surface area (Å²) < 4.78 is 0. The molecule has 0 fully saturated rings. The van der Waals surface area contributed by atoms with Crippen molar-refractivity contribution >= 4 is 11.6 Å². The van der Waals surface area contributed by atoms with E-state index in [2.05, 4.69) is 22.7 Å². The summed E-state index contributed by atoms with van der Waals surface area (Å²) in [7, 11) is 0. The number of nitrogens with zero attached hydrogens (tertiary/aromatic N) is 2. The zero-order valence-corrected chi connectivity index (χ0v) is 12.3. The van der Waals surface area contributed by atoms with Gasteiger partial charge in [0.15, 0.2) is 0 Å². The summed E-state index contributed by atoms with van der Waals surface area (Å²) in [5.74, 6) is -0.0416. The SMILES string of the molecule is Cc1cc(C2=NNC(=O)CC2)ccc1-c1ccccc1C#N. The first-order chi connectivity index (χ1) is 10.7. The lowest BCUT2D eigenvalue weighted by atomic mass is 9.93. The lowest BCUT2D eigenvalue weighted by Gasteiger charge is -2.14. The van der Waals surface area contributed by atoms with Gasteiger partial charge in [-0.25, -0.2) is 5.43 Å². The van der Waals surface area contributed by atoms with Gasteiger partial charge in [0.25, 0.3) is 0 Å². The van der Waals surface area contributed by atoms with Crippen molar-refractivity contribution in [1.29, 1.82) is 5.26 Å². The van der Waals surface area contributed by atoms with E-state index in [1.54, 1.807) is 0 Å². The molecule has 0 aliphatic carbocycles. The molecular formula is C18H15N3O. The molecule has 1 N–H and O–H groups in total. The molecule has 1 heterocycles. The molecule has 0 radical (unpaired) electrons. The minimum atomic E-state index is -0.0416. The molecule has 22 heavy (non-hydrogen) atoms. The van der Waals surface area contributed by atoms with Crippen molar-refractivity contribution in [2.24, 2.45) is 5.10 Å². The van der Waals surface area contributed by atoms with Crippen LogP contribution in [0.3, 0.4) is 0 Å². The summed E-state index contributed by atoms with van der Waals surface area (Å²) in [6.07, 6.45) is 1.12. The molecule has 1 aliphatic rings. The predicted molar refractivity (Wildman–Crippen MR) is 85.2 cm³/mol. The number of carbonyl (C=O) groups excluding carboxylic acids is 1. The van der Waals surface area contributed by atoms with Crippen molar-refractivity contribution in [1.82, 2.24) is 5.43 Å². The van der Waals surface area contributed by atoms with Gasteiger partial charge in [-0.3, -0.25) is 4.79 Å². The highest BCUT2D eigenvalue weighted by molar-refractivity contribution is 6.04. The maximum Gasteiger partial charge on any atom is 0.240 e. The van der Waals surface area contributed by atoms with Crippen LogP contribution in [0.2, 0.25) is 0 Å². The Kier molecular flexibility index (Phi) is 3.71. The maximum atomic E-state index is 11.2. The summed E-state index contributed by atoms with van der Waals surface area (Å²) in [4.78, 5) is 11.2. The van der Waals surface area contributed by atoms with Crippen LogP contribution < -0.4 is 5.43 Å². The van der Waals surface area contributed by atoms with Crippen molar-refractivity contribution in [2.45, 2.75) is 19.8 Å². The molecule has 0 saturated carbocycles. The van der Waals surface area contributed by atoms with Crippen LogP contribution in [0.5, 0.6) is 0 Å². The number of hydrogen-bond donors (Lipinski definition) is 1. The summed E-state index contributed by atoms with van der Waals surface area (Å²) in [6.45, 7) is 2.02. The first-order valence-electron chi connectivity index (χ1n) is 7.15. The van der Waals surface area contributed by atoms with Gasteiger partial charge < -0.3 is 0 Å². The minimum absolute atomic E-state index is 0.0416. The van der Waals surface area contributed by atoms with Gasteiger partial charge in [-0.1, -0.05) is 30.3 Å². The molecule has 3 rings (SSSR count). The Morgan fingerprint density at radius 2 is 1.95 bits per heavy atom. The number of nitrogens with one attached hydrogen (secondary N) is 1. The molecule has 2 aromatic carbocycles. The topological polar surface area (TPSA) is 65.2 Å². The Morgan fingerprint density at radius 3 is 2.64 bits per heavy atom. The number of aryl methyl sites for hydroxylation is 1. The third-order valence-corrected chi connectivity index (χ3v) is 3.80. The third kappa shape index (κ3) is 2.61. The fourth-order valence-corrected chi connectivity index (χ4v) is 2.64. The van der Waals surface area contributed by atoms with Gasteiger partial charge in [0.1, 0.15) is 0 Å². The molecule has 0 saturated heterocycles. The Hall–Kier alpha value is -2.93. The van der Waals surface area contributed by atoms with Crippen molar-refractivity contribution in [3.8, 4) is 17.2 Å². The fourth-order valence-electron chi connectivity index (χ4n) is 2.64. The zero-order valence-electron chi connectivity index (χ0n) is 12.3. The second-order valence-corrected chi connectivity index (χ2v) is 5.28. The van der Waals surface area contributed by atoms with Crippen molar-refractivity contribution in [3.05, 3.63) is 59.2 Å². The van der Waals surface area contributed by atoms with E-state index >= 15 is 0 Å². The van der Waals surface area contributed by atoms with Crippen LogP contribution >= 0.6 is 0 Å². The molecule has 0 unspecified atom stereocenters. The van der Waals surface area contributed by atoms with E-state index in [-0.39, 0.29) is 5.91 Å². The van der Waals surface area contributed by atoms with Crippen molar-refractivity contribution in [2.75, 3.05) is 0 Å². The van der Waals surface area contributed by atoms with Gasteiger partial charge in [-0.2, -0.15) is 10.4 Å². The molecule has 1 amide bonds. The summed E-state index contributed by atoms with van der Waals surface area (Å²) in [6, 6.07) is 15.9. The van der Waals surface area contributed by atoms with E-state index < -0.39 is 0 Å². The number of benzene rings is 2. The van der Waals surface area contributed by atoms with Crippen LogP contribution in [0, 0.1) is 18.3 Å². The molecule has 4 nitrogen and oxygen atoms in total. The minimum Gasteiger partial charge on any atom is -0.273 e. The highest BCUT2D eigenvalue weighted by atomic mass is 16.2. The first kappa shape index (κ1) is 14.0. The summed E-state index contributed by atoms with van der Waals surface area (Å²) in [5, 5.41) is 13.4. The zero-order chi connectivity index (χ0) is 15.5. The second kappa shape index (κ2) is 5.82. The summed E-state index contributed by atoms with van der Waals surface area (Å²) in [5.41, 5.74) is 8.15. The Balaban J connectivity index is 2.00. The molecule has 4 heteroatoms. The second-order valence-electron chi connectivity index (χ2n) is 5.28. The molecule has 0 atom stereocenters. The normalized spacial score (nSPS) is 14.0. The van der Waals surface area contributed by atoms with Gasteiger partial charge in [0.05, 0.1) is 17.3 Å². The van der Waals surface area contributed by atoms with Crippen LogP contribution in [0.4, 0.5) is 0 Å². The third-order valence-electron chi connectivity index (χ3n) is 3.80. The lowest BCUT2D eigenvalue weighted by Crippen LogP contribution is -2.25. The van der Waals surface area contributed by atoms with E-state index in [0.717, 1.165) is 28.0 Å². The number of hydrogen-bond acceptors (Lipinski definition) is 3. The van der Waals surface area contributed by atoms with Crippen LogP contribution in [0.25, 0.3) is 11.1 Å². The van der Waals surface area contributed by atoms with Gasteiger partial charge in [0.2, 0.25) is 5.91 Å². The van der Waals surface area contributed by atoms with E-state index in [0.29, 0.717) is 18.4 Å². The van der Waals surface area contributed by atoms with Crippen molar-refractivity contribution in [3.63, 3.8) is 0 Å². The van der Waals surface area contributed by atoms with Crippen LogP contribution in [0.15, 0.2) is 47.6 Å². The molecular weight excluding hydrogens is 274 g/mol. The van der Waals surface area contributed by atoms with Crippen LogP contribution in [-0.4, -0.2) is 11.6 Å². The largest absolute Gasteiger partial charge is 0.273 e. The number of carbonyl (C=O) groups is 1. The Labute approximate surface area is 129 Å². The van der Waals surface area contributed by atoms with E-state index in [9.17, 15) is 10.1 Å². The molecule has 0 spiro atoms. The molecule has 0 bridgehead atoms. The molecule has 1 aliphatic heterocycles. The van der Waals surface area contributed by atoms with Gasteiger partial charge in [-0.05, 0) is 41.3 Å². The van der Waals surface area contributed by atoms with Crippen LogP contribution in [0.1, 0.15) is 29.5 Å². The monoisotopic (exact) mass is 289 g/mol. The van der Waals surface area contributed by atoms with Gasteiger partial charge in [0, 0.05) is 12.8 Å². The lowest BCUT2D eigenvalue weighted by molar-refractivity contribution is -0.121. The average Bonchev–Trinajstić information content (AvgIpc) is 2.55. The van der Waals surface area contributed by atoms with Crippen molar-refractivity contribution < 1.29 is 4.79 Å². The standard InChI is InChI=1S/C18H15N3O/c1-12-10-13(17-8-9-18(22)21-20-17)6-7-15(12)16-5-3-2-4-14(16)11-19/h2-7,10H,8-9H2,1H3,(H,21,22). The smallest absolute Gasteiger partial charge is 0.240 e. The van der Waals surface area contributed by atoms with E-state index in [4.69, 9.17) is 0 Å². The predicted octanol–water partition coefficient (Wildman–Crippen LogP) is 3.15. The first-order valence-corrected chi connectivity index (χ1v) is 7.15. The Bertz CT molecular complexity index is 815. The van der Waals surface area contributed by atoms with E-state index in [1.807, 2.05) is 43.3 Å². The average molecular weight is 289 g/mol. The number of nitriles is 1. The van der Waals surface area contributed by atoms with Crippen LogP contribution in [-0.2, 0) is 4.79 Å². The van der Waals surface area contributed by atoms with Gasteiger partial charge in [-0.15, -0.1) is 0 Å². The molecule has 0 aromatic heterocycles. The highest BCUT2D eigenvalue weighted by Gasteiger charge is 2.14. The number of hydrazone groups is 1. The summed E-state index contributed by atoms with van der Waals surface area (Å²) >= 11 is 0. The highest BCUT2D eigenvalue weighted by Crippen LogP contribution is 2.27. The van der Waals surface area contributed by atoms with E-state index in [1.165, 1.54) is 0 Å². The fraction of sp³-hybridized carbons (Fsp3) is 0.167. The number of amides is 1. The molecule has 108 valence electrons. The quantitative estimate of drug-likeness (QED) is 0.923. The Morgan fingerprint density at radius 1 is 1.14 bits per heavy atom. The number of rotatable bonds is 2.